The van der Waals surface area contributed by atoms with Gasteiger partial charge < -0.3 is 10.2 Å². The fourth-order valence-electron chi connectivity index (χ4n) is 3.54. The fourth-order valence-corrected chi connectivity index (χ4v) is 3.54. The molecule has 2 aromatic rings. The second-order valence-corrected chi connectivity index (χ2v) is 6.89. The fraction of sp³-hybridized carbons (Fsp3) is 0.455. The number of rotatable bonds is 8. The molecule has 128 valence electrons. The summed E-state index contributed by atoms with van der Waals surface area (Å²) >= 11 is 0. The maximum Gasteiger partial charge on any atom is 0.00914 e. The molecule has 1 aliphatic heterocycles. The Hall–Kier alpha value is -1.64. The zero-order valence-electron chi connectivity index (χ0n) is 14.7. The molecule has 0 amide bonds. The topological polar surface area (TPSA) is 15.3 Å². The molecule has 2 nitrogen and oxygen atoms in total. The van der Waals surface area contributed by atoms with E-state index in [1.807, 2.05) is 0 Å². The van der Waals surface area contributed by atoms with E-state index in [4.69, 9.17) is 0 Å². The maximum atomic E-state index is 3.76. The summed E-state index contributed by atoms with van der Waals surface area (Å²) in [6.07, 6.45) is 6.18. The van der Waals surface area contributed by atoms with Crippen LogP contribution in [0.4, 0.5) is 0 Å². The highest BCUT2D eigenvalue weighted by atomic mass is 15.1. The Balaban J connectivity index is 1.27. The number of nitrogens with one attached hydrogen (secondary N) is 1. The molecule has 2 aromatic carbocycles. The molecule has 3 rings (SSSR count). The zero-order valence-corrected chi connectivity index (χ0v) is 14.7. The molecule has 1 saturated heterocycles. The second kappa shape index (κ2) is 9.61. The van der Waals surface area contributed by atoms with E-state index in [0.29, 0.717) is 6.04 Å². The quantitative estimate of drug-likeness (QED) is 0.741. The summed E-state index contributed by atoms with van der Waals surface area (Å²) in [7, 11) is 0. The van der Waals surface area contributed by atoms with Gasteiger partial charge in [-0.15, -0.1) is 0 Å². The number of piperidine rings is 1. The monoisotopic (exact) mass is 322 g/mol. The SMILES string of the molecule is c1ccc(CCCNC2CCN(CCc3ccccc3)CC2)cc1. The molecule has 0 aromatic heterocycles. The number of aryl methyl sites for hydroxylation is 1. The van der Waals surface area contributed by atoms with Crippen LogP contribution >= 0.6 is 0 Å². The van der Waals surface area contributed by atoms with Gasteiger partial charge in [0.15, 0.2) is 0 Å². The Kier molecular flexibility index (Phi) is 6.88. The van der Waals surface area contributed by atoms with Crippen molar-refractivity contribution in [3.05, 3.63) is 71.8 Å². The number of benzene rings is 2. The second-order valence-electron chi connectivity index (χ2n) is 6.89. The molecule has 0 radical (unpaired) electrons. The van der Waals surface area contributed by atoms with Crippen LogP contribution in [-0.2, 0) is 12.8 Å². The third kappa shape index (κ3) is 5.77. The van der Waals surface area contributed by atoms with Gasteiger partial charge in [0.05, 0.1) is 0 Å². The van der Waals surface area contributed by atoms with E-state index in [2.05, 4.69) is 70.9 Å². The summed E-state index contributed by atoms with van der Waals surface area (Å²) in [4.78, 5) is 2.62. The van der Waals surface area contributed by atoms with Crippen LogP contribution in [0.3, 0.4) is 0 Å². The molecule has 1 fully saturated rings. The number of hydrogen-bond donors (Lipinski definition) is 1. The molecule has 1 heterocycles. The predicted octanol–water partition coefficient (Wildman–Crippen LogP) is 3.92. The number of nitrogens with zero attached hydrogens (tertiary/aromatic N) is 1. The van der Waals surface area contributed by atoms with Crippen molar-refractivity contribution in [3.63, 3.8) is 0 Å². The predicted molar refractivity (Wildman–Crippen MR) is 102 cm³/mol. The van der Waals surface area contributed by atoms with Gasteiger partial charge in [-0.3, -0.25) is 0 Å². The Bertz CT molecular complexity index is 559. The first kappa shape index (κ1) is 17.2. The van der Waals surface area contributed by atoms with Crippen LogP contribution in [0.5, 0.6) is 0 Å². The molecule has 0 bridgehead atoms. The van der Waals surface area contributed by atoms with E-state index < -0.39 is 0 Å². The van der Waals surface area contributed by atoms with Crippen molar-refractivity contribution in [1.82, 2.24) is 10.2 Å². The molecule has 0 atom stereocenters. The third-order valence-electron chi connectivity index (χ3n) is 5.07. The van der Waals surface area contributed by atoms with E-state index in [-0.39, 0.29) is 0 Å². The summed E-state index contributed by atoms with van der Waals surface area (Å²) in [6, 6.07) is 22.4. The molecule has 0 aliphatic carbocycles. The molecular weight excluding hydrogens is 292 g/mol. The van der Waals surface area contributed by atoms with Crippen molar-refractivity contribution in [1.29, 1.82) is 0 Å². The minimum absolute atomic E-state index is 0.716. The normalized spacial score (nSPS) is 16.3. The maximum absolute atomic E-state index is 3.76. The first-order valence-corrected chi connectivity index (χ1v) is 9.44. The molecule has 0 unspecified atom stereocenters. The standard InChI is InChI=1S/C22H30N2/c1-3-8-20(9-4-1)12-7-16-23-22-14-18-24(19-15-22)17-13-21-10-5-2-6-11-21/h1-6,8-11,22-23H,7,12-19H2. The lowest BCUT2D eigenvalue weighted by molar-refractivity contribution is 0.200. The minimum atomic E-state index is 0.716. The summed E-state index contributed by atoms with van der Waals surface area (Å²) < 4.78 is 0. The van der Waals surface area contributed by atoms with Gasteiger partial charge >= 0.3 is 0 Å². The van der Waals surface area contributed by atoms with Gasteiger partial charge in [-0.05, 0) is 62.9 Å². The first-order valence-electron chi connectivity index (χ1n) is 9.44. The van der Waals surface area contributed by atoms with Crippen molar-refractivity contribution in [2.75, 3.05) is 26.2 Å². The van der Waals surface area contributed by atoms with Crippen LogP contribution in [-0.4, -0.2) is 37.1 Å². The van der Waals surface area contributed by atoms with Gasteiger partial charge in [-0.2, -0.15) is 0 Å². The minimum Gasteiger partial charge on any atom is -0.314 e. The molecule has 0 saturated carbocycles. The van der Waals surface area contributed by atoms with Gasteiger partial charge in [-0.25, -0.2) is 0 Å². The van der Waals surface area contributed by atoms with Crippen LogP contribution in [0.2, 0.25) is 0 Å². The lowest BCUT2D eigenvalue weighted by Gasteiger charge is -2.32. The van der Waals surface area contributed by atoms with Crippen molar-refractivity contribution in [3.8, 4) is 0 Å². The van der Waals surface area contributed by atoms with E-state index in [0.717, 1.165) is 6.54 Å². The molecule has 1 aliphatic rings. The summed E-state index contributed by atoms with van der Waals surface area (Å²) in [5.41, 5.74) is 2.91. The Morgan fingerprint density at radius 3 is 2.00 bits per heavy atom. The summed E-state index contributed by atoms with van der Waals surface area (Å²) in [5, 5.41) is 3.76. The van der Waals surface area contributed by atoms with Crippen LogP contribution < -0.4 is 5.32 Å². The van der Waals surface area contributed by atoms with E-state index >= 15 is 0 Å². The Labute approximate surface area is 146 Å². The zero-order chi connectivity index (χ0) is 16.5. The summed E-state index contributed by atoms with van der Waals surface area (Å²) in [6.45, 7) is 4.82. The largest absolute Gasteiger partial charge is 0.314 e. The Morgan fingerprint density at radius 2 is 1.38 bits per heavy atom. The van der Waals surface area contributed by atoms with Crippen LogP contribution in [0, 0.1) is 0 Å². The highest BCUT2D eigenvalue weighted by Gasteiger charge is 2.18. The van der Waals surface area contributed by atoms with Crippen molar-refractivity contribution in [2.24, 2.45) is 0 Å². The first-order chi connectivity index (χ1) is 11.9. The lowest BCUT2D eigenvalue weighted by Crippen LogP contribution is -2.43. The van der Waals surface area contributed by atoms with Crippen molar-refractivity contribution >= 4 is 0 Å². The van der Waals surface area contributed by atoms with Crippen LogP contribution in [0.1, 0.15) is 30.4 Å². The van der Waals surface area contributed by atoms with Crippen LogP contribution in [0.25, 0.3) is 0 Å². The van der Waals surface area contributed by atoms with E-state index in [1.54, 1.807) is 0 Å². The Morgan fingerprint density at radius 1 is 0.792 bits per heavy atom. The number of hydrogen-bond acceptors (Lipinski definition) is 2. The highest BCUT2D eigenvalue weighted by Crippen LogP contribution is 2.12. The molecule has 0 spiro atoms. The van der Waals surface area contributed by atoms with Gasteiger partial charge in [-0.1, -0.05) is 60.7 Å². The van der Waals surface area contributed by atoms with E-state index in [9.17, 15) is 0 Å². The average Bonchev–Trinajstić information content (AvgIpc) is 2.66. The van der Waals surface area contributed by atoms with Gasteiger partial charge in [0.1, 0.15) is 0 Å². The van der Waals surface area contributed by atoms with Gasteiger partial charge in [0, 0.05) is 12.6 Å². The molecule has 1 N–H and O–H groups in total. The highest BCUT2D eigenvalue weighted by molar-refractivity contribution is 5.15. The van der Waals surface area contributed by atoms with Crippen molar-refractivity contribution in [2.45, 2.75) is 38.1 Å². The third-order valence-corrected chi connectivity index (χ3v) is 5.07. The smallest absolute Gasteiger partial charge is 0.00914 e. The van der Waals surface area contributed by atoms with Crippen LogP contribution in [0.15, 0.2) is 60.7 Å². The number of likely N-dealkylation sites (tertiary alicyclic amines) is 1. The van der Waals surface area contributed by atoms with Gasteiger partial charge in [0.25, 0.3) is 0 Å². The summed E-state index contributed by atoms with van der Waals surface area (Å²) in [5.74, 6) is 0. The molecule has 2 heteroatoms. The van der Waals surface area contributed by atoms with Gasteiger partial charge in [0.2, 0.25) is 0 Å². The van der Waals surface area contributed by atoms with E-state index in [1.165, 1.54) is 62.9 Å². The average molecular weight is 322 g/mol. The molecule has 24 heavy (non-hydrogen) atoms. The molecular formula is C22H30N2. The lowest BCUT2D eigenvalue weighted by atomic mass is 10.0. The van der Waals surface area contributed by atoms with Crippen molar-refractivity contribution < 1.29 is 0 Å².